The lowest BCUT2D eigenvalue weighted by atomic mass is 10.1. The molecule has 0 fully saturated rings. The Kier molecular flexibility index (Phi) is 5.90. The highest BCUT2D eigenvalue weighted by Crippen LogP contribution is 2.22. The molecule has 2 rings (SSSR count). The molecule has 0 unspecified atom stereocenters. The molecule has 0 radical (unpaired) electrons. The van der Waals surface area contributed by atoms with Crippen LogP contribution in [0.15, 0.2) is 23.1 Å². The first-order valence-corrected chi connectivity index (χ1v) is 8.62. The Morgan fingerprint density at radius 2 is 2.00 bits per heavy atom. The lowest BCUT2D eigenvalue weighted by molar-refractivity contribution is -0.119. The van der Waals surface area contributed by atoms with E-state index in [1.807, 2.05) is 7.05 Å². The van der Waals surface area contributed by atoms with Gasteiger partial charge in [0.1, 0.15) is 0 Å². The Balaban J connectivity index is 1.87. The van der Waals surface area contributed by atoms with E-state index in [9.17, 15) is 13.2 Å². The van der Waals surface area contributed by atoms with Crippen molar-refractivity contribution in [2.24, 2.45) is 0 Å². The lowest BCUT2D eigenvalue weighted by Crippen LogP contribution is -2.37. The van der Waals surface area contributed by atoms with Crippen LogP contribution in [0, 0.1) is 0 Å². The number of ether oxygens (including phenoxy) is 1. The number of carbonyl (C=O) groups is 1. The summed E-state index contributed by atoms with van der Waals surface area (Å²) < 4.78 is 31.9. The highest BCUT2D eigenvalue weighted by Gasteiger charge is 2.19. The fraction of sp³-hybridized carbons (Fsp3) is 0.500. The van der Waals surface area contributed by atoms with Crippen molar-refractivity contribution in [3.63, 3.8) is 0 Å². The highest BCUT2D eigenvalue weighted by atomic mass is 32.2. The molecule has 0 atom stereocenters. The predicted octanol–water partition coefficient (Wildman–Crippen LogP) is -0.279. The molecule has 1 amide bonds. The fourth-order valence-corrected chi connectivity index (χ4v) is 3.15. The van der Waals surface area contributed by atoms with Crippen LogP contribution in [-0.4, -0.2) is 41.0 Å². The normalized spacial score (nSPS) is 13.9. The largest absolute Gasteiger partial charge is 0.372 e. The summed E-state index contributed by atoms with van der Waals surface area (Å²) in [5, 5.41) is 5.62. The smallest absolute Gasteiger partial charge is 0.241 e. The number of sulfonamides is 1. The molecule has 1 aliphatic rings. The SMILES string of the molecule is CNCCCNC(=O)CNS(=O)(=O)c1ccc2c(c1)COC2. The Morgan fingerprint density at radius 3 is 2.77 bits per heavy atom. The van der Waals surface area contributed by atoms with E-state index < -0.39 is 10.0 Å². The third-order valence-corrected chi connectivity index (χ3v) is 4.75. The predicted molar refractivity (Wildman–Crippen MR) is 81.7 cm³/mol. The molecule has 1 aromatic rings. The number of hydrogen-bond acceptors (Lipinski definition) is 5. The monoisotopic (exact) mass is 327 g/mol. The zero-order valence-electron chi connectivity index (χ0n) is 12.5. The van der Waals surface area contributed by atoms with Gasteiger partial charge in [-0.1, -0.05) is 6.07 Å². The highest BCUT2D eigenvalue weighted by molar-refractivity contribution is 7.89. The molecule has 1 heterocycles. The Morgan fingerprint density at radius 1 is 1.23 bits per heavy atom. The second-order valence-electron chi connectivity index (χ2n) is 5.05. The van der Waals surface area contributed by atoms with Gasteiger partial charge in [0.05, 0.1) is 24.7 Å². The Labute approximate surface area is 130 Å². The minimum absolute atomic E-state index is 0.153. The van der Waals surface area contributed by atoms with E-state index >= 15 is 0 Å². The van der Waals surface area contributed by atoms with Crippen molar-refractivity contribution in [3.05, 3.63) is 29.3 Å². The van der Waals surface area contributed by atoms with Crippen LogP contribution >= 0.6 is 0 Å². The maximum absolute atomic E-state index is 12.2. The van der Waals surface area contributed by atoms with Gasteiger partial charge in [0.2, 0.25) is 15.9 Å². The van der Waals surface area contributed by atoms with Crippen LogP contribution in [0.4, 0.5) is 0 Å². The summed E-state index contributed by atoms with van der Waals surface area (Å²) in [6, 6.07) is 4.87. The first kappa shape index (κ1) is 16.9. The Bertz CT molecular complexity index is 631. The van der Waals surface area contributed by atoms with Crippen molar-refractivity contribution >= 4 is 15.9 Å². The zero-order chi connectivity index (χ0) is 16.0. The average Bonchev–Trinajstić information content (AvgIpc) is 2.97. The van der Waals surface area contributed by atoms with Gasteiger partial charge in [0.15, 0.2) is 0 Å². The van der Waals surface area contributed by atoms with Crippen LogP contribution in [-0.2, 0) is 32.8 Å². The number of fused-ring (bicyclic) bond motifs is 1. The minimum Gasteiger partial charge on any atom is -0.372 e. The molecule has 22 heavy (non-hydrogen) atoms. The summed E-state index contributed by atoms with van der Waals surface area (Å²) in [6.07, 6.45) is 0.791. The van der Waals surface area contributed by atoms with Crippen LogP contribution in [0.3, 0.4) is 0 Å². The van der Waals surface area contributed by atoms with E-state index in [2.05, 4.69) is 15.4 Å². The average molecular weight is 327 g/mol. The van der Waals surface area contributed by atoms with Crippen molar-refractivity contribution in [2.75, 3.05) is 26.7 Å². The maximum atomic E-state index is 12.2. The molecule has 122 valence electrons. The van der Waals surface area contributed by atoms with Gasteiger partial charge in [0.25, 0.3) is 0 Å². The molecule has 0 saturated heterocycles. The number of amides is 1. The van der Waals surface area contributed by atoms with E-state index in [1.54, 1.807) is 12.1 Å². The third-order valence-electron chi connectivity index (χ3n) is 3.35. The Hall–Kier alpha value is -1.48. The molecule has 1 aromatic carbocycles. The summed E-state index contributed by atoms with van der Waals surface area (Å²) in [4.78, 5) is 11.7. The van der Waals surface area contributed by atoms with Gasteiger partial charge in [-0.25, -0.2) is 13.1 Å². The molecule has 0 aliphatic carbocycles. The van der Waals surface area contributed by atoms with Crippen molar-refractivity contribution in [2.45, 2.75) is 24.5 Å². The molecular formula is C14H21N3O4S. The first-order chi connectivity index (χ1) is 10.5. The van der Waals surface area contributed by atoms with Crippen LogP contribution in [0.25, 0.3) is 0 Å². The fourth-order valence-electron chi connectivity index (χ4n) is 2.11. The molecule has 7 nitrogen and oxygen atoms in total. The summed E-state index contributed by atoms with van der Waals surface area (Å²) in [6.45, 7) is 1.97. The lowest BCUT2D eigenvalue weighted by Gasteiger charge is -2.09. The number of benzene rings is 1. The van der Waals surface area contributed by atoms with Crippen molar-refractivity contribution in [1.29, 1.82) is 0 Å². The zero-order valence-corrected chi connectivity index (χ0v) is 13.3. The van der Waals surface area contributed by atoms with Gasteiger partial charge in [0, 0.05) is 6.54 Å². The summed E-state index contributed by atoms with van der Waals surface area (Å²) in [5.74, 6) is -0.343. The van der Waals surface area contributed by atoms with Crippen molar-refractivity contribution in [3.8, 4) is 0 Å². The topological polar surface area (TPSA) is 96.5 Å². The van der Waals surface area contributed by atoms with E-state index in [1.165, 1.54) is 6.07 Å². The molecule has 0 aromatic heterocycles. The second-order valence-corrected chi connectivity index (χ2v) is 6.82. The van der Waals surface area contributed by atoms with Gasteiger partial charge in [-0.05, 0) is 43.3 Å². The number of rotatable bonds is 8. The quantitative estimate of drug-likeness (QED) is 0.571. The van der Waals surface area contributed by atoms with Gasteiger partial charge < -0.3 is 15.4 Å². The van der Waals surface area contributed by atoms with Crippen LogP contribution in [0.5, 0.6) is 0 Å². The number of nitrogens with one attached hydrogen (secondary N) is 3. The molecule has 8 heteroatoms. The van der Waals surface area contributed by atoms with Gasteiger partial charge in [-0.15, -0.1) is 0 Å². The van der Waals surface area contributed by atoms with Crippen molar-refractivity contribution in [1.82, 2.24) is 15.4 Å². The molecular weight excluding hydrogens is 306 g/mol. The number of hydrogen-bond donors (Lipinski definition) is 3. The summed E-state index contributed by atoms with van der Waals surface area (Å²) >= 11 is 0. The second kappa shape index (κ2) is 7.68. The van der Waals surface area contributed by atoms with Crippen LogP contribution in [0.1, 0.15) is 17.5 Å². The van der Waals surface area contributed by atoms with Gasteiger partial charge in [-0.2, -0.15) is 0 Å². The van der Waals surface area contributed by atoms with Gasteiger partial charge >= 0.3 is 0 Å². The molecule has 0 bridgehead atoms. The third kappa shape index (κ3) is 4.51. The maximum Gasteiger partial charge on any atom is 0.241 e. The molecule has 0 saturated carbocycles. The van der Waals surface area contributed by atoms with E-state index in [0.717, 1.165) is 24.1 Å². The van der Waals surface area contributed by atoms with E-state index in [-0.39, 0.29) is 17.3 Å². The van der Waals surface area contributed by atoms with E-state index in [4.69, 9.17) is 4.74 Å². The minimum atomic E-state index is -3.69. The first-order valence-electron chi connectivity index (χ1n) is 7.13. The van der Waals surface area contributed by atoms with E-state index in [0.29, 0.717) is 19.8 Å². The molecule has 3 N–H and O–H groups in total. The standard InChI is InChI=1S/C14H21N3O4S/c1-15-5-2-6-16-14(18)8-17-22(19,20)13-4-3-11-9-21-10-12(11)7-13/h3-4,7,15,17H,2,5-6,8-10H2,1H3,(H,16,18). The summed E-state index contributed by atoms with van der Waals surface area (Å²) in [5.41, 5.74) is 1.88. The summed E-state index contributed by atoms with van der Waals surface area (Å²) in [7, 11) is -1.86. The molecule has 0 spiro atoms. The number of carbonyl (C=O) groups excluding carboxylic acids is 1. The molecule has 1 aliphatic heterocycles. The van der Waals surface area contributed by atoms with Crippen molar-refractivity contribution < 1.29 is 17.9 Å². The van der Waals surface area contributed by atoms with Crippen LogP contribution < -0.4 is 15.4 Å². The van der Waals surface area contributed by atoms with Gasteiger partial charge in [-0.3, -0.25) is 4.79 Å². The van der Waals surface area contributed by atoms with Crippen LogP contribution in [0.2, 0.25) is 0 Å².